The molecule has 11 heteroatoms. The summed E-state index contributed by atoms with van der Waals surface area (Å²) >= 11 is -1.93. The van der Waals surface area contributed by atoms with Crippen LogP contribution in [0.3, 0.4) is 0 Å². The number of carbonyl (C=O) groups excluding carboxylic acids is 2. The van der Waals surface area contributed by atoms with Crippen molar-refractivity contribution < 1.29 is 24.2 Å². The van der Waals surface area contributed by atoms with E-state index in [-0.39, 0.29) is 16.9 Å². The molecule has 0 aliphatic rings. The van der Waals surface area contributed by atoms with Gasteiger partial charge in [0.15, 0.2) is 0 Å². The van der Waals surface area contributed by atoms with Gasteiger partial charge in [0, 0.05) is 34.2 Å². The highest BCUT2D eigenvalue weighted by molar-refractivity contribution is 7.86. The zero-order chi connectivity index (χ0) is 27.2. The van der Waals surface area contributed by atoms with Gasteiger partial charge in [-0.15, -0.1) is 5.53 Å². The van der Waals surface area contributed by atoms with E-state index < -0.39 is 29.4 Å². The fraction of sp³-hybridized carbons (Fsp3) is 0.192. The Bertz CT molecular complexity index is 1290. The molecule has 0 fully saturated rings. The number of carbonyl (C=O) groups is 2. The SMILES string of the molecule is CC(C)(C)c1ccc(N(Cc2ccc(C(=O)NC(=N)N=[NH2+])cc2)C(=O)Nc2cccc([S+](O)O)c2)cc1. The predicted octanol–water partition coefficient (Wildman–Crippen LogP) is 4.02. The molecule has 0 heterocycles. The normalized spacial score (nSPS) is 11.1. The molecule has 3 rings (SSSR count). The minimum Gasteiger partial charge on any atom is -0.307 e. The molecule has 0 spiro atoms. The third-order valence-electron chi connectivity index (χ3n) is 5.50. The van der Waals surface area contributed by atoms with E-state index in [2.05, 4.69) is 36.5 Å². The third-order valence-corrected chi connectivity index (χ3v) is 6.18. The molecule has 0 unspecified atom stereocenters. The number of nitrogens with two attached hydrogens (primary N) is 1. The lowest BCUT2D eigenvalue weighted by atomic mass is 9.87. The lowest BCUT2D eigenvalue weighted by Gasteiger charge is -2.25. The van der Waals surface area contributed by atoms with Crippen molar-refractivity contribution in [1.29, 1.82) is 5.41 Å². The zero-order valence-electron chi connectivity index (χ0n) is 20.7. The number of nitrogens with one attached hydrogen (secondary N) is 3. The van der Waals surface area contributed by atoms with E-state index in [0.29, 0.717) is 16.9 Å². The Balaban J connectivity index is 1.88. The molecule has 0 aromatic heterocycles. The molecule has 3 aromatic rings. The minimum absolute atomic E-state index is 0.0537. The fourth-order valence-corrected chi connectivity index (χ4v) is 3.89. The van der Waals surface area contributed by atoms with E-state index in [1.54, 1.807) is 47.4 Å². The maximum Gasteiger partial charge on any atom is 0.351 e. The van der Waals surface area contributed by atoms with Gasteiger partial charge in [0.25, 0.3) is 11.9 Å². The standard InChI is InChI=1S/C26H28N6O4S/c1-26(2,3)19-11-13-21(14-12-19)32(25(34)29-20-5-4-6-22(15-20)37(35)36)16-17-7-9-18(10-8-17)23(33)30-24(27)31-28/h4-15,28,35-36H,16H2,1-3H3,(H2-,27,29,30,33,34)/p+2. The maximum absolute atomic E-state index is 13.4. The predicted molar refractivity (Wildman–Crippen MR) is 144 cm³/mol. The molecule has 0 atom stereocenters. The van der Waals surface area contributed by atoms with E-state index in [1.807, 2.05) is 24.3 Å². The second kappa shape index (κ2) is 11.8. The topological polar surface area (TPSA) is 164 Å². The fourth-order valence-electron chi connectivity index (χ4n) is 3.46. The lowest BCUT2D eigenvalue weighted by Crippen LogP contribution is -2.36. The van der Waals surface area contributed by atoms with Gasteiger partial charge < -0.3 is 5.32 Å². The summed E-state index contributed by atoms with van der Waals surface area (Å²) in [6, 6.07) is 20.2. The molecule has 37 heavy (non-hydrogen) atoms. The Labute approximate surface area is 218 Å². The number of hydrogen-bond donors (Lipinski definition) is 6. The third kappa shape index (κ3) is 7.46. The second-order valence-electron chi connectivity index (χ2n) is 9.23. The summed E-state index contributed by atoms with van der Waals surface area (Å²) in [4.78, 5) is 27.4. The highest BCUT2D eigenvalue weighted by Crippen LogP contribution is 2.27. The molecule has 3 amide bonds. The summed E-state index contributed by atoms with van der Waals surface area (Å²) in [6.07, 6.45) is 0. The molecule has 3 aromatic carbocycles. The van der Waals surface area contributed by atoms with Crippen molar-refractivity contribution in [2.75, 3.05) is 10.2 Å². The number of anilines is 2. The smallest absolute Gasteiger partial charge is 0.307 e. The Morgan fingerprint density at radius 1 is 1.03 bits per heavy atom. The molecule has 0 radical (unpaired) electrons. The van der Waals surface area contributed by atoms with Gasteiger partial charge >= 0.3 is 17.5 Å². The molecule has 7 N–H and O–H groups in total. The summed E-state index contributed by atoms with van der Waals surface area (Å²) in [5, 5.41) is 15.6. The van der Waals surface area contributed by atoms with Crippen LogP contribution in [0.4, 0.5) is 16.2 Å². The molecule has 0 saturated carbocycles. The first-order chi connectivity index (χ1) is 17.5. The van der Waals surface area contributed by atoms with Crippen molar-refractivity contribution in [3.63, 3.8) is 0 Å². The number of hydrogen-bond acceptors (Lipinski definition) is 5. The average Bonchev–Trinajstić information content (AvgIpc) is 2.87. The first kappa shape index (κ1) is 27.5. The molecular weight excluding hydrogens is 492 g/mol. The lowest BCUT2D eigenvalue weighted by molar-refractivity contribution is -0.207. The van der Waals surface area contributed by atoms with Crippen LogP contribution in [0.1, 0.15) is 42.3 Å². The molecule has 0 aliphatic heterocycles. The van der Waals surface area contributed by atoms with Crippen LogP contribution in [0.5, 0.6) is 0 Å². The number of guanidine groups is 1. The molecule has 0 bridgehead atoms. The Morgan fingerprint density at radius 2 is 1.68 bits per heavy atom. The van der Waals surface area contributed by atoms with Crippen LogP contribution in [-0.4, -0.2) is 27.0 Å². The van der Waals surface area contributed by atoms with Crippen LogP contribution < -0.4 is 21.1 Å². The summed E-state index contributed by atoms with van der Waals surface area (Å²) in [7, 11) is 0. The molecular formula is C26H30N6O4S+2. The van der Waals surface area contributed by atoms with Crippen molar-refractivity contribution in [2.45, 2.75) is 37.6 Å². The molecule has 192 valence electrons. The number of rotatable bonds is 6. The monoisotopic (exact) mass is 522 g/mol. The average molecular weight is 523 g/mol. The van der Waals surface area contributed by atoms with Gasteiger partial charge in [-0.25, -0.2) is 4.79 Å². The summed E-state index contributed by atoms with van der Waals surface area (Å²) in [6.45, 7) is 6.52. The van der Waals surface area contributed by atoms with Crippen LogP contribution in [0.15, 0.2) is 82.8 Å². The molecule has 0 aliphatic carbocycles. The van der Waals surface area contributed by atoms with Crippen LogP contribution in [0, 0.1) is 5.41 Å². The minimum atomic E-state index is -1.93. The largest absolute Gasteiger partial charge is 0.351 e. The second-order valence-corrected chi connectivity index (χ2v) is 10.2. The number of nitrogens with zero attached hydrogens (tertiary/aromatic N) is 2. The molecule has 10 nitrogen and oxygen atoms in total. The van der Waals surface area contributed by atoms with Crippen LogP contribution in [-0.2, 0) is 23.4 Å². The van der Waals surface area contributed by atoms with E-state index in [0.717, 1.165) is 11.1 Å². The van der Waals surface area contributed by atoms with Crippen molar-refractivity contribution in [3.8, 4) is 0 Å². The van der Waals surface area contributed by atoms with Crippen molar-refractivity contribution in [2.24, 2.45) is 5.11 Å². The van der Waals surface area contributed by atoms with E-state index >= 15 is 0 Å². The van der Waals surface area contributed by atoms with Crippen molar-refractivity contribution >= 4 is 40.7 Å². The van der Waals surface area contributed by atoms with Crippen LogP contribution in [0.2, 0.25) is 0 Å². The Hall–Kier alpha value is -4.06. The number of benzene rings is 3. The van der Waals surface area contributed by atoms with Gasteiger partial charge in [-0.1, -0.05) is 51.1 Å². The summed E-state index contributed by atoms with van der Waals surface area (Å²) < 4.78 is 19.0. The highest BCUT2D eigenvalue weighted by Gasteiger charge is 2.21. The maximum atomic E-state index is 13.4. The van der Waals surface area contributed by atoms with Crippen LogP contribution >= 0.6 is 0 Å². The number of urea groups is 1. The Kier molecular flexibility index (Phi) is 8.77. The van der Waals surface area contributed by atoms with Gasteiger partial charge in [0.05, 0.1) is 6.54 Å². The van der Waals surface area contributed by atoms with Gasteiger partial charge in [0.2, 0.25) is 4.90 Å². The summed E-state index contributed by atoms with van der Waals surface area (Å²) in [5.41, 5.74) is 8.19. The van der Waals surface area contributed by atoms with Crippen molar-refractivity contribution in [1.82, 2.24) is 5.32 Å². The van der Waals surface area contributed by atoms with E-state index in [1.165, 1.54) is 6.07 Å². The van der Waals surface area contributed by atoms with Gasteiger partial charge in [-0.2, -0.15) is 9.11 Å². The van der Waals surface area contributed by atoms with Gasteiger partial charge in [-0.05, 0) is 46.9 Å². The first-order valence-electron chi connectivity index (χ1n) is 11.3. The van der Waals surface area contributed by atoms with E-state index in [9.17, 15) is 18.7 Å². The highest BCUT2D eigenvalue weighted by atomic mass is 32.2. The van der Waals surface area contributed by atoms with Gasteiger partial charge in [-0.3, -0.25) is 20.4 Å². The zero-order valence-corrected chi connectivity index (χ0v) is 21.5. The molecule has 0 saturated heterocycles. The van der Waals surface area contributed by atoms with Crippen LogP contribution in [0.25, 0.3) is 0 Å². The van der Waals surface area contributed by atoms with Crippen molar-refractivity contribution in [3.05, 3.63) is 89.5 Å². The van der Waals surface area contributed by atoms with Gasteiger partial charge in [0.1, 0.15) is 0 Å². The Morgan fingerprint density at radius 3 is 2.24 bits per heavy atom. The quantitative estimate of drug-likeness (QED) is 0.125. The first-order valence-corrected chi connectivity index (χ1v) is 12.4. The number of amides is 3. The summed E-state index contributed by atoms with van der Waals surface area (Å²) in [5.74, 6) is -0.973. The van der Waals surface area contributed by atoms with E-state index in [4.69, 9.17) is 10.9 Å².